The van der Waals surface area contributed by atoms with Gasteiger partial charge in [-0.05, 0) is 84.4 Å². The van der Waals surface area contributed by atoms with Crippen LogP contribution in [0.15, 0.2) is 0 Å². The zero-order valence-corrected chi connectivity index (χ0v) is 23.7. The molecule has 0 aromatic heterocycles. The van der Waals surface area contributed by atoms with Crippen LogP contribution in [0.3, 0.4) is 0 Å². The minimum absolute atomic E-state index is 0.131. The minimum Gasteiger partial charge on any atom is -0.456 e. The van der Waals surface area contributed by atoms with Crippen LogP contribution >= 0.6 is 7.82 Å². The first-order valence-corrected chi connectivity index (χ1v) is 14.3. The van der Waals surface area contributed by atoms with Gasteiger partial charge in [0.25, 0.3) is 0 Å². The molecule has 0 radical (unpaired) electrons. The van der Waals surface area contributed by atoms with Gasteiger partial charge in [0.15, 0.2) is 6.10 Å². The van der Waals surface area contributed by atoms with Gasteiger partial charge in [-0.3, -0.25) is 9.32 Å². The molecule has 0 aliphatic carbocycles. The Hall–Kier alpha value is -4.03. The summed E-state index contributed by atoms with van der Waals surface area (Å²) in [5.74, 6) is 32.2. The number of phosphoric ester groups is 1. The highest BCUT2D eigenvalue weighted by Gasteiger charge is 2.22. The van der Waals surface area contributed by atoms with Crippen LogP contribution in [0, 0.1) is 82.9 Å². The normalized spacial score (nSPS) is 9.60. The molecule has 210 valence electrons. The van der Waals surface area contributed by atoms with Gasteiger partial charge < -0.3 is 19.3 Å². The number of ether oxygens (including phenoxy) is 2. The molecule has 0 heterocycles. The van der Waals surface area contributed by atoms with Gasteiger partial charge in [-0.1, -0.05) is 64.2 Å². The van der Waals surface area contributed by atoms with Crippen molar-refractivity contribution in [3.63, 3.8) is 0 Å². The molecule has 9 heteroatoms. The summed E-state index contributed by atoms with van der Waals surface area (Å²) in [5.41, 5.74) is 0. The van der Waals surface area contributed by atoms with Crippen molar-refractivity contribution in [2.45, 2.75) is 84.2 Å². The van der Waals surface area contributed by atoms with E-state index >= 15 is 0 Å². The Kier molecular flexibility index (Phi) is 22.7. The quantitative estimate of drug-likeness (QED) is 0.0961. The monoisotopic (exact) mass is 564 g/mol. The summed E-state index contributed by atoms with van der Waals surface area (Å²) < 4.78 is 25.5. The smallest absolute Gasteiger partial charge is 0.456 e. The van der Waals surface area contributed by atoms with Crippen molar-refractivity contribution >= 4 is 19.8 Å². The predicted octanol–water partition coefficient (Wildman–Crippen LogP) is 3.52. The number of esters is 2. The van der Waals surface area contributed by atoms with Gasteiger partial charge in [0.05, 0.1) is 6.61 Å². The molecule has 0 bridgehead atoms. The number of hydrogen-bond donors (Lipinski definition) is 2. The molecular formula is C31H33O8P. The van der Waals surface area contributed by atoms with Crippen LogP contribution in [0.2, 0.25) is 0 Å². The maximum atomic E-state index is 12.1. The third-order valence-electron chi connectivity index (χ3n) is 4.59. The molecule has 0 aromatic carbocycles. The van der Waals surface area contributed by atoms with E-state index < -0.39 is 39.1 Å². The number of phosphoric acid groups is 1. The van der Waals surface area contributed by atoms with Crippen molar-refractivity contribution in [1.29, 1.82) is 0 Å². The van der Waals surface area contributed by atoms with Crippen LogP contribution in [0.25, 0.3) is 0 Å². The fourth-order valence-electron chi connectivity index (χ4n) is 2.78. The summed E-state index contributed by atoms with van der Waals surface area (Å²) in [6.07, 6.45) is 8.64. The average molecular weight is 565 g/mol. The third-order valence-corrected chi connectivity index (χ3v) is 5.07. The van der Waals surface area contributed by atoms with Gasteiger partial charge in [0.2, 0.25) is 0 Å². The molecule has 40 heavy (non-hydrogen) atoms. The number of carbonyl (C=O) groups is 2. The van der Waals surface area contributed by atoms with Crippen LogP contribution in [0.4, 0.5) is 0 Å². The molecule has 0 amide bonds. The lowest BCUT2D eigenvalue weighted by Crippen LogP contribution is -2.29. The van der Waals surface area contributed by atoms with Crippen molar-refractivity contribution in [3.05, 3.63) is 0 Å². The fourth-order valence-corrected chi connectivity index (χ4v) is 3.14. The summed E-state index contributed by atoms with van der Waals surface area (Å²) in [7, 11) is -4.82. The Morgan fingerprint density at radius 2 is 1.18 bits per heavy atom. The number of rotatable bonds is 16. The average Bonchev–Trinajstić information content (AvgIpc) is 2.91. The van der Waals surface area contributed by atoms with Crippen LogP contribution in [-0.2, 0) is 28.2 Å². The first kappa shape index (κ1) is 36.0. The Labute approximate surface area is 237 Å². The maximum absolute atomic E-state index is 12.1. The summed E-state index contributed by atoms with van der Waals surface area (Å²) in [4.78, 5) is 41.8. The van der Waals surface area contributed by atoms with E-state index in [-0.39, 0.29) is 6.42 Å². The second kappa shape index (κ2) is 25.3. The second-order valence-electron chi connectivity index (χ2n) is 7.95. The van der Waals surface area contributed by atoms with E-state index in [4.69, 9.17) is 19.3 Å². The first-order chi connectivity index (χ1) is 19.3. The van der Waals surface area contributed by atoms with E-state index in [1.54, 1.807) is 6.92 Å². The highest BCUT2D eigenvalue weighted by Crippen LogP contribution is 2.35. The SMILES string of the molecule is CC#CC#CC#CC#CC#CC#CC#CC(=O)OC[C@@H](COP(=O)(O)O)OC(=O)CCCCCCCCCCC. The van der Waals surface area contributed by atoms with Gasteiger partial charge in [0, 0.05) is 12.3 Å². The highest BCUT2D eigenvalue weighted by molar-refractivity contribution is 7.46. The van der Waals surface area contributed by atoms with Crippen molar-refractivity contribution in [2.24, 2.45) is 0 Å². The Morgan fingerprint density at radius 3 is 1.68 bits per heavy atom. The second-order valence-corrected chi connectivity index (χ2v) is 9.19. The molecule has 0 saturated carbocycles. The number of carbonyl (C=O) groups excluding carboxylic acids is 2. The minimum atomic E-state index is -4.82. The molecule has 0 spiro atoms. The molecule has 1 atom stereocenters. The molecule has 0 aromatic rings. The van der Waals surface area contributed by atoms with Crippen LogP contribution in [0.5, 0.6) is 0 Å². The Morgan fingerprint density at radius 1 is 0.700 bits per heavy atom. The molecular weight excluding hydrogens is 531 g/mol. The van der Waals surface area contributed by atoms with E-state index in [9.17, 15) is 14.2 Å². The van der Waals surface area contributed by atoms with Crippen LogP contribution in [0.1, 0.15) is 78.1 Å². The van der Waals surface area contributed by atoms with Gasteiger partial charge in [0.1, 0.15) is 6.61 Å². The Balaban J connectivity index is 4.59. The van der Waals surface area contributed by atoms with E-state index in [2.05, 4.69) is 94.3 Å². The summed E-state index contributed by atoms with van der Waals surface area (Å²) in [5, 5.41) is 0. The molecule has 0 rings (SSSR count). The zero-order chi connectivity index (χ0) is 29.7. The fraction of sp³-hybridized carbons (Fsp3) is 0.484. The first-order valence-electron chi connectivity index (χ1n) is 12.8. The maximum Gasteiger partial charge on any atom is 0.469 e. The standard InChI is InChI=1S/C31H33O8P/c1-3-5-7-9-11-13-14-15-16-18-19-21-23-25-30(32)37-27-29(28-38-40(34,35)36)39-31(33)26-24-22-20-17-12-10-8-6-4-2/h29H,4,6,8,10,12,17,20,22,24,26-28H2,1-2H3,(H2,34,35,36)/t29-/m0/s1. The van der Waals surface area contributed by atoms with E-state index in [1.165, 1.54) is 32.1 Å². The van der Waals surface area contributed by atoms with Crippen molar-refractivity contribution in [2.75, 3.05) is 13.2 Å². The molecule has 0 aliphatic rings. The van der Waals surface area contributed by atoms with E-state index in [0.29, 0.717) is 6.42 Å². The lowest BCUT2D eigenvalue weighted by atomic mass is 10.1. The number of hydrogen-bond acceptors (Lipinski definition) is 6. The molecule has 0 aliphatic heterocycles. The van der Waals surface area contributed by atoms with Gasteiger partial charge in [-0.15, -0.1) is 0 Å². The molecule has 0 fully saturated rings. The lowest BCUT2D eigenvalue weighted by Gasteiger charge is -2.17. The van der Waals surface area contributed by atoms with Gasteiger partial charge in [-0.2, -0.15) is 0 Å². The van der Waals surface area contributed by atoms with Crippen molar-refractivity contribution in [1.82, 2.24) is 0 Å². The topological polar surface area (TPSA) is 119 Å². The van der Waals surface area contributed by atoms with Crippen molar-refractivity contribution in [3.8, 4) is 82.9 Å². The largest absolute Gasteiger partial charge is 0.469 e. The lowest BCUT2D eigenvalue weighted by molar-refractivity contribution is -0.158. The summed E-state index contributed by atoms with van der Waals surface area (Å²) in [6, 6.07) is 0. The van der Waals surface area contributed by atoms with Crippen LogP contribution in [-0.4, -0.2) is 41.0 Å². The molecule has 0 unspecified atom stereocenters. The summed E-state index contributed by atoms with van der Waals surface area (Å²) in [6.45, 7) is 2.68. The molecule has 2 N–H and O–H groups in total. The van der Waals surface area contributed by atoms with E-state index in [1.807, 2.05) is 0 Å². The molecule has 8 nitrogen and oxygen atoms in total. The van der Waals surface area contributed by atoms with Gasteiger partial charge in [-0.25, -0.2) is 9.36 Å². The van der Waals surface area contributed by atoms with E-state index in [0.717, 1.165) is 19.3 Å². The summed E-state index contributed by atoms with van der Waals surface area (Å²) >= 11 is 0. The van der Waals surface area contributed by atoms with Crippen molar-refractivity contribution < 1.29 is 37.9 Å². The van der Waals surface area contributed by atoms with Crippen LogP contribution < -0.4 is 0 Å². The predicted molar refractivity (Wildman–Crippen MR) is 151 cm³/mol. The zero-order valence-electron chi connectivity index (χ0n) is 22.9. The highest BCUT2D eigenvalue weighted by atomic mass is 31.2. The third kappa shape index (κ3) is 27.0. The number of unbranched alkanes of at least 4 members (excludes halogenated alkanes) is 8. The molecule has 0 saturated heterocycles. The van der Waals surface area contributed by atoms with Gasteiger partial charge >= 0.3 is 19.8 Å². The Bertz CT molecular complexity index is 1290.